The van der Waals surface area contributed by atoms with Crippen LogP contribution in [-0.2, 0) is 4.74 Å². The lowest BCUT2D eigenvalue weighted by atomic mass is 9.94. The molecule has 2 saturated heterocycles. The van der Waals surface area contributed by atoms with E-state index < -0.39 is 11.6 Å². The van der Waals surface area contributed by atoms with Crippen LogP contribution in [0.5, 0.6) is 11.8 Å². The lowest BCUT2D eigenvalue weighted by Crippen LogP contribution is -2.43. The molecule has 1 unspecified atom stereocenters. The number of nitrogens with two attached hydrogens (primary N) is 1. The fraction of sp³-hybridized carbons (Fsp3) is 0.400. The quantitative estimate of drug-likeness (QED) is 0.161. The van der Waals surface area contributed by atoms with Crippen molar-refractivity contribution >= 4 is 27.5 Å². The molecule has 0 amide bonds. The van der Waals surface area contributed by atoms with Crippen LogP contribution in [-0.4, -0.2) is 78.1 Å². The van der Waals surface area contributed by atoms with E-state index in [1.165, 1.54) is 13.2 Å². The molecule has 2 N–H and O–H groups in total. The molecule has 11 heteroatoms. The van der Waals surface area contributed by atoms with Crippen molar-refractivity contribution in [3.05, 3.63) is 59.8 Å². The molecule has 3 aliphatic heterocycles. The molecule has 2 fully saturated rings. The molecule has 3 aliphatic rings. The summed E-state index contributed by atoms with van der Waals surface area (Å²) in [4.78, 5) is 18.6. The van der Waals surface area contributed by atoms with Crippen molar-refractivity contribution in [1.29, 1.82) is 0 Å². The van der Waals surface area contributed by atoms with E-state index in [0.29, 0.717) is 47.4 Å². The zero-order valence-corrected chi connectivity index (χ0v) is 25.8. The molecule has 9 nitrogen and oxygen atoms in total. The van der Waals surface area contributed by atoms with Gasteiger partial charge in [0.15, 0.2) is 12.6 Å². The highest BCUT2D eigenvalue weighted by Gasteiger charge is 2.48. The molecule has 0 bridgehead atoms. The average molecular weight is 627 g/mol. The smallest absolute Gasteiger partial charge is 0.319 e. The highest BCUT2D eigenvalue weighted by Crippen LogP contribution is 2.41. The lowest BCUT2D eigenvalue weighted by molar-refractivity contribution is 0.0512. The lowest BCUT2D eigenvalue weighted by Gasteiger charge is -2.31. The van der Waals surface area contributed by atoms with Gasteiger partial charge >= 0.3 is 6.01 Å². The molecule has 0 radical (unpaired) electrons. The van der Waals surface area contributed by atoms with Crippen LogP contribution in [0.2, 0.25) is 0 Å². The van der Waals surface area contributed by atoms with Crippen molar-refractivity contribution in [3.8, 4) is 35.4 Å². The SMILES string of the molecule is C#Cc1c(F)ccc2cc(OCOC)cc(-c3ncc4c(N5CCC=CCC5)nc(OC[C@@]56CCCN5CC(N)C6)nc4c3F)c12. The van der Waals surface area contributed by atoms with Crippen molar-refractivity contribution in [3.63, 3.8) is 0 Å². The number of hydrogen-bond acceptors (Lipinski definition) is 9. The van der Waals surface area contributed by atoms with Crippen LogP contribution in [0.15, 0.2) is 42.6 Å². The summed E-state index contributed by atoms with van der Waals surface area (Å²) in [6.07, 6.45) is 16.1. The molecule has 0 spiro atoms. The molecule has 4 aromatic rings. The Kier molecular flexibility index (Phi) is 8.19. The van der Waals surface area contributed by atoms with Crippen LogP contribution < -0.4 is 20.1 Å². The highest BCUT2D eigenvalue weighted by molar-refractivity contribution is 6.03. The summed E-state index contributed by atoms with van der Waals surface area (Å²) in [7, 11) is 1.50. The van der Waals surface area contributed by atoms with E-state index in [1.54, 1.807) is 24.4 Å². The highest BCUT2D eigenvalue weighted by atomic mass is 19.1. The van der Waals surface area contributed by atoms with Crippen LogP contribution in [0.4, 0.5) is 14.6 Å². The summed E-state index contributed by atoms with van der Waals surface area (Å²) in [5.74, 6) is 2.10. The predicted molar refractivity (Wildman–Crippen MR) is 173 cm³/mol. The van der Waals surface area contributed by atoms with Crippen molar-refractivity contribution in [2.24, 2.45) is 5.73 Å². The Morgan fingerprint density at radius 1 is 1.11 bits per heavy atom. The first kappa shape index (κ1) is 30.3. The Labute approximate surface area is 266 Å². The number of fused-ring (bicyclic) bond motifs is 3. The molecule has 2 aromatic carbocycles. The summed E-state index contributed by atoms with van der Waals surface area (Å²) in [6.45, 7) is 3.54. The van der Waals surface area contributed by atoms with E-state index in [4.69, 9.17) is 31.4 Å². The van der Waals surface area contributed by atoms with Gasteiger partial charge in [-0.1, -0.05) is 24.1 Å². The second-order valence-corrected chi connectivity index (χ2v) is 12.3. The summed E-state index contributed by atoms with van der Waals surface area (Å²) in [5, 5.41) is 1.37. The number of hydrogen-bond donors (Lipinski definition) is 1. The zero-order chi connectivity index (χ0) is 31.8. The number of aromatic nitrogens is 3. The second kappa shape index (κ2) is 12.4. The van der Waals surface area contributed by atoms with Gasteiger partial charge in [-0.15, -0.1) is 6.42 Å². The fourth-order valence-corrected chi connectivity index (χ4v) is 7.25. The number of nitrogens with zero attached hydrogens (tertiary/aromatic N) is 5. The molecule has 7 rings (SSSR count). The predicted octanol–water partition coefficient (Wildman–Crippen LogP) is 5.19. The number of anilines is 1. The van der Waals surface area contributed by atoms with Crippen molar-refractivity contribution in [2.45, 2.75) is 43.7 Å². The Bertz CT molecular complexity index is 1870. The Balaban J connectivity index is 1.38. The topological polar surface area (TPSA) is 98.9 Å². The first-order chi connectivity index (χ1) is 22.4. The minimum absolute atomic E-state index is 0.00620. The van der Waals surface area contributed by atoms with Gasteiger partial charge < -0.3 is 24.8 Å². The number of methoxy groups -OCH3 is 1. The molecule has 2 aromatic heterocycles. The molecular weight excluding hydrogens is 590 g/mol. The monoisotopic (exact) mass is 626 g/mol. The van der Waals surface area contributed by atoms with Crippen molar-refractivity contribution in [1.82, 2.24) is 19.9 Å². The fourth-order valence-electron chi connectivity index (χ4n) is 7.25. The molecule has 46 heavy (non-hydrogen) atoms. The maximum Gasteiger partial charge on any atom is 0.319 e. The minimum atomic E-state index is -0.695. The minimum Gasteiger partial charge on any atom is -0.468 e. The summed E-state index contributed by atoms with van der Waals surface area (Å²) < 4.78 is 49.1. The van der Waals surface area contributed by atoms with Crippen LogP contribution in [0.3, 0.4) is 0 Å². The molecule has 0 saturated carbocycles. The largest absolute Gasteiger partial charge is 0.468 e. The van der Waals surface area contributed by atoms with Crippen LogP contribution in [0, 0.1) is 24.0 Å². The van der Waals surface area contributed by atoms with Gasteiger partial charge in [0.05, 0.1) is 16.5 Å². The van der Waals surface area contributed by atoms with Crippen molar-refractivity contribution in [2.75, 3.05) is 51.6 Å². The first-order valence-electron chi connectivity index (χ1n) is 15.7. The van der Waals surface area contributed by atoms with Gasteiger partial charge in [0.25, 0.3) is 0 Å². The molecule has 5 heterocycles. The number of halogens is 2. The van der Waals surface area contributed by atoms with E-state index in [9.17, 15) is 4.39 Å². The van der Waals surface area contributed by atoms with Gasteiger partial charge in [0.1, 0.15) is 35.2 Å². The normalized spacial score (nSPS) is 21.5. The Hall–Kier alpha value is -4.37. The van der Waals surface area contributed by atoms with Crippen LogP contribution >= 0.6 is 0 Å². The van der Waals surface area contributed by atoms with Crippen LogP contribution in [0.25, 0.3) is 32.9 Å². The van der Waals surface area contributed by atoms with Gasteiger partial charge in [0, 0.05) is 49.9 Å². The first-order valence-corrected chi connectivity index (χ1v) is 15.7. The van der Waals surface area contributed by atoms with E-state index in [1.807, 2.05) is 0 Å². The number of rotatable bonds is 8. The van der Waals surface area contributed by atoms with Gasteiger partial charge in [0.2, 0.25) is 0 Å². The summed E-state index contributed by atoms with van der Waals surface area (Å²) in [5.41, 5.74) is 6.46. The van der Waals surface area contributed by atoms with Crippen LogP contribution in [0.1, 0.15) is 37.7 Å². The average Bonchev–Trinajstić information content (AvgIpc) is 3.44. The van der Waals surface area contributed by atoms with Gasteiger partial charge in [-0.2, -0.15) is 9.97 Å². The Morgan fingerprint density at radius 2 is 1.93 bits per heavy atom. The number of ether oxygens (including phenoxy) is 3. The second-order valence-electron chi connectivity index (χ2n) is 12.3. The number of benzene rings is 2. The third kappa shape index (κ3) is 5.40. The molecule has 2 atom stereocenters. The number of terminal acetylenes is 1. The summed E-state index contributed by atoms with van der Waals surface area (Å²) >= 11 is 0. The van der Waals surface area contributed by atoms with Gasteiger partial charge in [-0.25, -0.2) is 8.78 Å². The van der Waals surface area contributed by atoms with E-state index in [2.05, 4.69) is 37.8 Å². The van der Waals surface area contributed by atoms with E-state index in [-0.39, 0.29) is 46.7 Å². The third-order valence-corrected chi connectivity index (χ3v) is 9.33. The van der Waals surface area contributed by atoms with E-state index in [0.717, 1.165) is 45.2 Å². The molecule has 238 valence electrons. The van der Waals surface area contributed by atoms with Crippen molar-refractivity contribution < 1.29 is 23.0 Å². The maximum absolute atomic E-state index is 16.9. The molecule has 0 aliphatic carbocycles. The number of pyridine rings is 1. The summed E-state index contributed by atoms with van der Waals surface area (Å²) in [6, 6.07) is 6.34. The standard InChI is InChI=1S/C35H36F2N6O3/c1-3-25-28(36)10-9-22-15-24(46-21-44-2)16-26(29(22)25)31-30(37)32-27(18-39-31)33(42-12-6-4-5-7-13-42)41-34(40-32)45-20-35-11-8-14-43(35)19-23(38)17-35/h1,4-5,9-10,15-16,18,23H,6-8,11-14,17,19-21,38H2,2H3/t23?,35-/m0/s1. The van der Waals surface area contributed by atoms with Gasteiger partial charge in [-0.3, -0.25) is 9.88 Å². The van der Waals surface area contributed by atoms with E-state index >= 15 is 4.39 Å². The maximum atomic E-state index is 16.9. The zero-order valence-electron chi connectivity index (χ0n) is 25.8. The molecular formula is C35H36F2N6O3. The van der Waals surface area contributed by atoms with Gasteiger partial charge in [-0.05, 0) is 62.2 Å². The third-order valence-electron chi connectivity index (χ3n) is 9.33. The Morgan fingerprint density at radius 3 is 2.72 bits per heavy atom.